The molecule has 0 fully saturated rings. The summed E-state index contributed by atoms with van der Waals surface area (Å²) in [7, 11) is 3.07. The zero-order valence-corrected chi connectivity index (χ0v) is 11.9. The normalized spacial score (nSPS) is 21.6. The maximum absolute atomic E-state index is 12.0. The van der Waals surface area contributed by atoms with Crippen LogP contribution in [0.3, 0.4) is 0 Å². The van der Waals surface area contributed by atoms with E-state index in [-0.39, 0.29) is 5.97 Å². The van der Waals surface area contributed by atoms with E-state index >= 15 is 0 Å². The van der Waals surface area contributed by atoms with E-state index in [9.17, 15) is 4.79 Å². The number of rotatable bonds is 2. The highest BCUT2D eigenvalue weighted by Gasteiger charge is 2.39. The number of H-pyrrole nitrogens is 1. The zero-order valence-electron chi connectivity index (χ0n) is 11.9. The first-order valence-corrected chi connectivity index (χ1v) is 6.58. The van der Waals surface area contributed by atoms with Crippen molar-refractivity contribution in [1.82, 2.24) is 10.3 Å². The van der Waals surface area contributed by atoms with Gasteiger partial charge in [0.25, 0.3) is 0 Å². The standard InChI is InChI=1S/C15H18N2O3/c1-15(14(18)20-3)7-11-10-6-9(19-2)4-5-12(10)17-13(11)8-16-15/h4-6,16-17H,7-8H2,1-3H3. The minimum Gasteiger partial charge on any atom is -0.497 e. The number of aromatic amines is 1. The highest BCUT2D eigenvalue weighted by atomic mass is 16.5. The van der Waals surface area contributed by atoms with Crippen molar-refractivity contribution < 1.29 is 14.3 Å². The van der Waals surface area contributed by atoms with Gasteiger partial charge in [-0.1, -0.05) is 0 Å². The predicted molar refractivity (Wildman–Crippen MR) is 75.8 cm³/mol. The number of ether oxygens (including phenoxy) is 2. The molecule has 5 nitrogen and oxygen atoms in total. The number of hydrogen-bond acceptors (Lipinski definition) is 4. The monoisotopic (exact) mass is 274 g/mol. The third-order valence-corrected chi connectivity index (χ3v) is 4.02. The van der Waals surface area contributed by atoms with E-state index < -0.39 is 5.54 Å². The van der Waals surface area contributed by atoms with Gasteiger partial charge in [-0.25, -0.2) is 0 Å². The first kappa shape index (κ1) is 13.0. The minimum atomic E-state index is -0.681. The molecular formula is C15H18N2O3. The lowest BCUT2D eigenvalue weighted by atomic mass is 9.88. The number of methoxy groups -OCH3 is 2. The fourth-order valence-electron chi connectivity index (χ4n) is 2.83. The molecule has 0 amide bonds. The van der Waals surface area contributed by atoms with Crippen LogP contribution in [0, 0.1) is 0 Å². The van der Waals surface area contributed by atoms with Crippen molar-refractivity contribution in [3.63, 3.8) is 0 Å². The second-order valence-electron chi connectivity index (χ2n) is 5.35. The van der Waals surface area contributed by atoms with E-state index in [0.717, 1.165) is 27.9 Å². The number of carbonyl (C=O) groups is 1. The van der Waals surface area contributed by atoms with Crippen molar-refractivity contribution in [2.24, 2.45) is 0 Å². The highest BCUT2D eigenvalue weighted by molar-refractivity contribution is 5.89. The van der Waals surface area contributed by atoms with Gasteiger partial charge in [0, 0.05) is 29.6 Å². The van der Waals surface area contributed by atoms with Crippen LogP contribution in [-0.4, -0.2) is 30.7 Å². The summed E-state index contributed by atoms with van der Waals surface area (Å²) < 4.78 is 10.2. The van der Waals surface area contributed by atoms with Crippen LogP contribution in [0.15, 0.2) is 18.2 Å². The van der Waals surface area contributed by atoms with E-state index in [0.29, 0.717) is 13.0 Å². The summed E-state index contributed by atoms with van der Waals surface area (Å²) in [5.41, 5.74) is 2.66. The number of aromatic nitrogens is 1. The average molecular weight is 274 g/mol. The maximum Gasteiger partial charge on any atom is 0.326 e. The number of fused-ring (bicyclic) bond motifs is 3. The van der Waals surface area contributed by atoms with E-state index in [1.165, 1.54) is 7.11 Å². The average Bonchev–Trinajstić information content (AvgIpc) is 2.83. The first-order valence-electron chi connectivity index (χ1n) is 6.58. The Bertz CT molecular complexity index is 677. The smallest absolute Gasteiger partial charge is 0.326 e. The van der Waals surface area contributed by atoms with Crippen LogP contribution in [0.25, 0.3) is 10.9 Å². The van der Waals surface area contributed by atoms with Crippen LogP contribution in [0.2, 0.25) is 0 Å². The van der Waals surface area contributed by atoms with Gasteiger partial charge in [-0.3, -0.25) is 10.1 Å². The maximum atomic E-state index is 12.0. The topological polar surface area (TPSA) is 63.4 Å². The molecule has 1 unspecified atom stereocenters. The molecule has 1 aliphatic rings. The summed E-state index contributed by atoms with van der Waals surface area (Å²) in [6, 6.07) is 5.94. The summed E-state index contributed by atoms with van der Waals surface area (Å²) in [4.78, 5) is 15.4. The molecular weight excluding hydrogens is 256 g/mol. The third kappa shape index (κ3) is 1.86. The fraction of sp³-hybridized carbons (Fsp3) is 0.400. The number of nitrogens with one attached hydrogen (secondary N) is 2. The van der Waals surface area contributed by atoms with Crippen LogP contribution in [-0.2, 0) is 22.5 Å². The van der Waals surface area contributed by atoms with E-state index in [4.69, 9.17) is 9.47 Å². The van der Waals surface area contributed by atoms with Gasteiger partial charge in [-0.2, -0.15) is 0 Å². The lowest BCUT2D eigenvalue weighted by molar-refractivity contribution is -0.148. The molecule has 0 spiro atoms. The van der Waals surface area contributed by atoms with E-state index in [2.05, 4.69) is 10.3 Å². The number of esters is 1. The molecule has 1 atom stereocenters. The van der Waals surface area contributed by atoms with Gasteiger partial charge >= 0.3 is 5.97 Å². The molecule has 5 heteroatoms. The molecule has 0 bridgehead atoms. The Balaban J connectivity index is 2.09. The Morgan fingerprint density at radius 1 is 1.35 bits per heavy atom. The Morgan fingerprint density at radius 3 is 2.85 bits per heavy atom. The molecule has 106 valence electrons. The molecule has 2 heterocycles. The van der Waals surface area contributed by atoms with Crippen molar-refractivity contribution in [2.75, 3.05) is 14.2 Å². The third-order valence-electron chi connectivity index (χ3n) is 4.02. The van der Waals surface area contributed by atoms with Crippen LogP contribution < -0.4 is 10.1 Å². The van der Waals surface area contributed by atoms with Crippen LogP contribution in [0.4, 0.5) is 0 Å². The Hall–Kier alpha value is -2.01. The summed E-state index contributed by atoms with van der Waals surface area (Å²) in [5.74, 6) is 0.581. The number of hydrogen-bond donors (Lipinski definition) is 2. The molecule has 3 rings (SSSR count). The minimum absolute atomic E-state index is 0.236. The van der Waals surface area contributed by atoms with Gasteiger partial charge in [0.1, 0.15) is 11.3 Å². The molecule has 0 saturated carbocycles. The lowest BCUT2D eigenvalue weighted by Crippen LogP contribution is -2.53. The lowest BCUT2D eigenvalue weighted by Gasteiger charge is -2.32. The molecule has 0 saturated heterocycles. The van der Waals surface area contributed by atoms with Crippen LogP contribution >= 0.6 is 0 Å². The van der Waals surface area contributed by atoms with Crippen molar-refractivity contribution in [1.29, 1.82) is 0 Å². The molecule has 1 aromatic heterocycles. The molecule has 0 radical (unpaired) electrons. The van der Waals surface area contributed by atoms with Crippen LogP contribution in [0.1, 0.15) is 18.2 Å². The van der Waals surface area contributed by atoms with Crippen LogP contribution in [0.5, 0.6) is 5.75 Å². The quantitative estimate of drug-likeness (QED) is 0.819. The Morgan fingerprint density at radius 2 is 2.15 bits per heavy atom. The summed E-state index contributed by atoms with van der Waals surface area (Å²) in [6.07, 6.45) is 0.599. The van der Waals surface area contributed by atoms with Crippen molar-refractivity contribution >= 4 is 16.9 Å². The molecule has 0 aliphatic carbocycles. The number of benzene rings is 1. The van der Waals surface area contributed by atoms with Gasteiger partial charge in [-0.05, 0) is 30.7 Å². The second-order valence-corrected chi connectivity index (χ2v) is 5.35. The van der Waals surface area contributed by atoms with Crippen molar-refractivity contribution in [3.8, 4) is 5.75 Å². The Kier molecular flexibility index (Phi) is 2.94. The molecule has 1 aromatic carbocycles. The van der Waals surface area contributed by atoms with Gasteiger partial charge in [0.2, 0.25) is 0 Å². The first-order chi connectivity index (χ1) is 9.57. The van der Waals surface area contributed by atoms with Gasteiger partial charge in [0.05, 0.1) is 14.2 Å². The Labute approximate surface area is 117 Å². The zero-order chi connectivity index (χ0) is 14.3. The predicted octanol–water partition coefficient (Wildman–Crippen LogP) is 1.75. The van der Waals surface area contributed by atoms with Gasteiger partial charge < -0.3 is 14.5 Å². The SMILES string of the molecule is COC(=O)C1(C)Cc2c([nH]c3ccc(OC)cc23)CN1. The van der Waals surface area contributed by atoms with Crippen molar-refractivity contribution in [2.45, 2.75) is 25.4 Å². The number of carbonyl (C=O) groups excluding carboxylic acids is 1. The molecule has 2 aromatic rings. The van der Waals surface area contributed by atoms with Crippen molar-refractivity contribution in [3.05, 3.63) is 29.5 Å². The summed E-state index contributed by atoms with van der Waals surface area (Å²) >= 11 is 0. The highest BCUT2D eigenvalue weighted by Crippen LogP contribution is 2.32. The van der Waals surface area contributed by atoms with Gasteiger partial charge in [0.15, 0.2) is 0 Å². The van der Waals surface area contributed by atoms with Gasteiger partial charge in [-0.15, -0.1) is 0 Å². The summed E-state index contributed by atoms with van der Waals surface area (Å²) in [5, 5.41) is 4.36. The fourth-order valence-corrected chi connectivity index (χ4v) is 2.83. The van der Waals surface area contributed by atoms with E-state index in [1.54, 1.807) is 7.11 Å². The second kappa shape index (κ2) is 4.52. The largest absolute Gasteiger partial charge is 0.497 e. The molecule has 1 aliphatic heterocycles. The molecule has 2 N–H and O–H groups in total. The molecule has 20 heavy (non-hydrogen) atoms. The van der Waals surface area contributed by atoms with E-state index in [1.807, 2.05) is 25.1 Å². The summed E-state index contributed by atoms with van der Waals surface area (Å²) in [6.45, 7) is 2.50.